The number of ether oxygens (including phenoxy) is 5. The Kier molecular flexibility index (Phi) is 8.15. The highest BCUT2D eigenvalue weighted by atomic mass is 32.2. The molecule has 1 atom stereocenters. The molecule has 3 aromatic heterocycles. The van der Waals surface area contributed by atoms with Crippen molar-refractivity contribution in [1.29, 1.82) is 0 Å². The van der Waals surface area contributed by atoms with E-state index in [1.807, 2.05) is 10.8 Å². The molecule has 3 aromatic rings. The predicted octanol–water partition coefficient (Wildman–Crippen LogP) is 5.99. The van der Waals surface area contributed by atoms with E-state index in [0.29, 0.717) is 59.1 Å². The van der Waals surface area contributed by atoms with Gasteiger partial charge in [-0.05, 0) is 50.2 Å². The lowest BCUT2D eigenvalue weighted by Gasteiger charge is -2.21. The van der Waals surface area contributed by atoms with Gasteiger partial charge in [-0.25, -0.2) is 0 Å². The quantitative estimate of drug-likeness (QED) is 0.208. The van der Waals surface area contributed by atoms with Gasteiger partial charge < -0.3 is 23.7 Å². The van der Waals surface area contributed by atoms with Gasteiger partial charge in [-0.3, -0.25) is 4.18 Å². The summed E-state index contributed by atoms with van der Waals surface area (Å²) in [6.45, 7) is 3.75. The van der Waals surface area contributed by atoms with Crippen LogP contribution in [0.25, 0.3) is 19.5 Å². The SMILES string of the molecule is O=S1(=O)OCCCC1CCCCOCCc1cc(-c2scc3c2OCCO3)sc1-c1scc2c1OCCO2. The summed E-state index contributed by atoms with van der Waals surface area (Å²) in [5.74, 6) is 3.28. The Balaban J connectivity index is 1.12. The highest BCUT2D eigenvalue weighted by Crippen LogP contribution is 2.53. The molecule has 1 saturated heterocycles. The summed E-state index contributed by atoms with van der Waals surface area (Å²) in [7, 11) is -3.39. The lowest BCUT2D eigenvalue weighted by atomic mass is 10.1. The number of fused-ring (bicyclic) bond motifs is 2. The van der Waals surface area contributed by atoms with Crippen LogP contribution < -0.4 is 18.9 Å². The number of thiophene rings is 3. The Morgan fingerprint density at radius 2 is 1.55 bits per heavy atom. The van der Waals surface area contributed by atoms with Crippen LogP contribution in [0.4, 0.5) is 0 Å². The van der Waals surface area contributed by atoms with Gasteiger partial charge in [-0.2, -0.15) is 8.42 Å². The maximum absolute atomic E-state index is 12.0. The summed E-state index contributed by atoms with van der Waals surface area (Å²) in [4.78, 5) is 4.48. The first kappa shape index (κ1) is 26.4. The van der Waals surface area contributed by atoms with Gasteiger partial charge in [0, 0.05) is 22.2 Å². The van der Waals surface area contributed by atoms with E-state index in [0.717, 1.165) is 63.3 Å². The van der Waals surface area contributed by atoms with E-state index in [1.165, 1.54) is 10.4 Å². The Bertz CT molecular complexity index is 1360. The lowest BCUT2D eigenvalue weighted by molar-refractivity contribution is 0.132. The van der Waals surface area contributed by atoms with Crippen molar-refractivity contribution in [3.63, 3.8) is 0 Å². The van der Waals surface area contributed by atoms with Crippen molar-refractivity contribution in [2.24, 2.45) is 0 Å². The molecule has 0 bridgehead atoms. The van der Waals surface area contributed by atoms with Crippen molar-refractivity contribution in [1.82, 2.24) is 0 Å². The van der Waals surface area contributed by atoms with Gasteiger partial charge >= 0.3 is 0 Å². The van der Waals surface area contributed by atoms with Gasteiger partial charge in [-0.1, -0.05) is 0 Å². The first-order valence-electron chi connectivity index (χ1n) is 12.9. The first-order chi connectivity index (χ1) is 18.6. The highest BCUT2D eigenvalue weighted by Gasteiger charge is 2.29. The average molecular weight is 599 g/mol. The smallest absolute Gasteiger partial charge is 0.270 e. The number of hydrogen-bond donors (Lipinski definition) is 0. The summed E-state index contributed by atoms with van der Waals surface area (Å²) in [5, 5.41) is 3.66. The zero-order valence-electron chi connectivity index (χ0n) is 20.9. The normalized spacial score (nSPS) is 19.9. The average Bonchev–Trinajstić information content (AvgIpc) is 3.65. The maximum atomic E-state index is 12.0. The maximum Gasteiger partial charge on any atom is 0.270 e. The standard InChI is InChI=1S/C26H30O8S4/c27-38(28)18(5-3-8-34-38)4-1-2-7-29-9-6-17-14-21(25-22-19(15-35-25)30-10-12-32-22)37-24(17)26-23-20(16-36-26)31-11-13-33-23/h14-16,18H,1-13H2. The molecule has 0 amide bonds. The fraction of sp³-hybridized carbons (Fsp3) is 0.538. The van der Waals surface area contributed by atoms with Gasteiger partial charge in [0.05, 0.1) is 33.1 Å². The fourth-order valence-corrected chi connectivity index (χ4v) is 9.67. The van der Waals surface area contributed by atoms with Crippen molar-refractivity contribution in [2.45, 2.75) is 43.8 Å². The highest BCUT2D eigenvalue weighted by molar-refractivity contribution is 7.87. The minimum absolute atomic E-state index is 0.317. The molecule has 6 rings (SSSR count). The van der Waals surface area contributed by atoms with E-state index in [9.17, 15) is 8.42 Å². The molecule has 0 aliphatic carbocycles. The van der Waals surface area contributed by atoms with Crippen molar-refractivity contribution < 1.29 is 36.3 Å². The molecule has 0 radical (unpaired) electrons. The van der Waals surface area contributed by atoms with Crippen LogP contribution >= 0.6 is 34.0 Å². The fourth-order valence-electron chi connectivity index (χ4n) is 4.85. The van der Waals surface area contributed by atoms with Crippen LogP contribution in [0.15, 0.2) is 16.8 Å². The Labute approximate surface area is 234 Å². The molecule has 1 fully saturated rings. The van der Waals surface area contributed by atoms with Crippen LogP contribution in [0.1, 0.15) is 37.7 Å². The zero-order chi connectivity index (χ0) is 26.0. The van der Waals surface area contributed by atoms with Crippen LogP contribution in [-0.4, -0.2) is 59.9 Å². The van der Waals surface area contributed by atoms with Crippen molar-refractivity contribution in [2.75, 3.05) is 46.2 Å². The van der Waals surface area contributed by atoms with Crippen molar-refractivity contribution >= 4 is 44.1 Å². The molecule has 0 saturated carbocycles. The Morgan fingerprint density at radius 1 is 0.842 bits per heavy atom. The third-order valence-electron chi connectivity index (χ3n) is 6.75. The Morgan fingerprint density at radius 3 is 2.32 bits per heavy atom. The second-order valence-corrected chi connectivity index (χ2v) is 14.0. The first-order valence-corrected chi connectivity index (χ1v) is 17.0. The molecule has 8 nitrogen and oxygen atoms in total. The molecule has 0 N–H and O–H groups in total. The molecule has 0 aromatic carbocycles. The molecule has 3 aliphatic heterocycles. The minimum atomic E-state index is -3.39. The summed E-state index contributed by atoms with van der Waals surface area (Å²) >= 11 is 5.02. The number of rotatable bonds is 10. The van der Waals surface area contributed by atoms with Crippen LogP contribution in [0.5, 0.6) is 23.0 Å². The molecule has 1 unspecified atom stereocenters. The molecule has 12 heteroatoms. The molecular formula is C26H30O8S4. The number of unbranched alkanes of at least 4 members (excludes halogenated alkanes) is 1. The third kappa shape index (κ3) is 5.57. The molecule has 0 spiro atoms. The Hall–Kier alpha value is -1.83. The van der Waals surface area contributed by atoms with Crippen molar-refractivity contribution in [3.05, 3.63) is 22.4 Å². The van der Waals surface area contributed by atoms with Gasteiger partial charge in [0.25, 0.3) is 10.1 Å². The summed E-state index contributed by atoms with van der Waals surface area (Å²) in [6, 6.07) is 2.23. The molecule has 6 heterocycles. The largest absolute Gasteiger partial charge is 0.485 e. The summed E-state index contributed by atoms with van der Waals surface area (Å²) in [6.07, 6.45) is 4.53. The second-order valence-electron chi connectivity index (χ2n) is 9.31. The van der Waals surface area contributed by atoms with Crippen LogP contribution in [0.3, 0.4) is 0 Å². The van der Waals surface area contributed by atoms with Gasteiger partial charge in [0.1, 0.15) is 26.4 Å². The van der Waals surface area contributed by atoms with Crippen LogP contribution in [0.2, 0.25) is 0 Å². The topological polar surface area (TPSA) is 89.5 Å². The van der Waals surface area contributed by atoms with Gasteiger partial charge in [0.15, 0.2) is 23.0 Å². The van der Waals surface area contributed by atoms with E-state index in [2.05, 4.69) is 6.07 Å². The summed E-state index contributed by atoms with van der Waals surface area (Å²) in [5.41, 5.74) is 1.20. The molecule has 3 aliphatic rings. The van der Waals surface area contributed by atoms with Crippen molar-refractivity contribution in [3.8, 4) is 42.5 Å². The minimum Gasteiger partial charge on any atom is -0.485 e. The second kappa shape index (κ2) is 11.7. The van der Waals surface area contributed by atoms with E-state index < -0.39 is 10.1 Å². The predicted molar refractivity (Wildman–Crippen MR) is 149 cm³/mol. The molecule has 206 valence electrons. The zero-order valence-corrected chi connectivity index (χ0v) is 24.2. The number of hydrogen-bond acceptors (Lipinski definition) is 11. The van der Waals surface area contributed by atoms with E-state index >= 15 is 0 Å². The van der Waals surface area contributed by atoms with Gasteiger partial charge in [0.2, 0.25) is 0 Å². The van der Waals surface area contributed by atoms with Crippen LogP contribution in [0, 0.1) is 0 Å². The molecule has 38 heavy (non-hydrogen) atoms. The third-order valence-corrected chi connectivity index (χ3v) is 11.9. The van der Waals surface area contributed by atoms with Crippen LogP contribution in [-0.2, 0) is 25.5 Å². The molecular weight excluding hydrogens is 569 g/mol. The van der Waals surface area contributed by atoms with Gasteiger partial charge in [-0.15, -0.1) is 34.0 Å². The van der Waals surface area contributed by atoms with E-state index in [-0.39, 0.29) is 5.25 Å². The lowest BCUT2D eigenvalue weighted by Crippen LogP contribution is -2.29. The van der Waals surface area contributed by atoms with E-state index in [1.54, 1.807) is 34.0 Å². The summed E-state index contributed by atoms with van der Waals surface area (Å²) < 4.78 is 58.5. The van der Waals surface area contributed by atoms with E-state index in [4.69, 9.17) is 27.9 Å². The monoisotopic (exact) mass is 598 g/mol.